The number of hydrogen-bond donors (Lipinski definition) is 3. The summed E-state index contributed by atoms with van der Waals surface area (Å²) in [6, 6.07) is 6.78. The van der Waals surface area contributed by atoms with Crippen molar-refractivity contribution in [1.29, 1.82) is 0 Å². The maximum absolute atomic E-state index is 12.0. The van der Waals surface area contributed by atoms with Crippen LogP contribution in [0.3, 0.4) is 0 Å². The van der Waals surface area contributed by atoms with Gasteiger partial charge in [-0.3, -0.25) is 9.59 Å². The molecule has 1 heterocycles. The average molecular weight is 260 g/mol. The Balaban J connectivity index is 2.13. The Morgan fingerprint density at radius 2 is 2.00 bits per heavy atom. The van der Waals surface area contributed by atoms with Crippen LogP contribution in [0.5, 0.6) is 0 Å². The lowest BCUT2D eigenvalue weighted by molar-refractivity contribution is -0.141. The maximum atomic E-state index is 12.0. The Kier molecular flexibility index (Phi) is 3.55. The zero-order chi connectivity index (χ0) is 14.0. The molecule has 0 spiro atoms. The number of aromatic amines is 1. The van der Waals surface area contributed by atoms with Crippen LogP contribution in [0.1, 0.15) is 24.2 Å². The highest BCUT2D eigenvalue weighted by molar-refractivity contribution is 5.98. The summed E-state index contributed by atoms with van der Waals surface area (Å²) >= 11 is 0. The largest absolute Gasteiger partial charge is 0.481 e. The zero-order valence-electron chi connectivity index (χ0n) is 10.8. The SMILES string of the molecule is C[C@H](NC(=O)c1ccc2[nH]ccc2c1)[C@H](C)C(=O)O. The van der Waals surface area contributed by atoms with Gasteiger partial charge in [0.2, 0.25) is 0 Å². The van der Waals surface area contributed by atoms with Crippen LogP contribution in [0.2, 0.25) is 0 Å². The summed E-state index contributed by atoms with van der Waals surface area (Å²) in [5.74, 6) is -1.81. The minimum atomic E-state index is -0.922. The normalized spacial score (nSPS) is 14.0. The predicted molar refractivity (Wildman–Crippen MR) is 72.0 cm³/mol. The van der Waals surface area contributed by atoms with Crippen LogP contribution in [-0.2, 0) is 4.79 Å². The molecule has 1 aromatic heterocycles. The molecule has 5 heteroatoms. The second-order valence-electron chi connectivity index (χ2n) is 4.67. The number of amides is 1. The number of hydrogen-bond acceptors (Lipinski definition) is 2. The fourth-order valence-corrected chi connectivity index (χ4v) is 1.82. The quantitative estimate of drug-likeness (QED) is 0.786. The van der Waals surface area contributed by atoms with Crippen molar-refractivity contribution in [2.75, 3.05) is 0 Å². The molecule has 0 aliphatic rings. The number of carboxylic acids is 1. The van der Waals surface area contributed by atoms with Crippen molar-refractivity contribution in [3.8, 4) is 0 Å². The highest BCUT2D eigenvalue weighted by Gasteiger charge is 2.21. The molecule has 0 unspecified atom stereocenters. The number of carbonyl (C=O) groups is 2. The van der Waals surface area contributed by atoms with E-state index in [-0.39, 0.29) is 5.91 Å². The lowest BCUT2D eigenvalue weighted by Crippen LogP contribution is -2.40. The second-order valence-corrected chi connectivity index (χ2v) is 4.67. The van der Waals surface area contributed by atoms with Gasteiger partial charge < -0.3 is 15.4 Å². The van der Waals surface area contributed by atoms with E-state index in [4.69, 9.17) is 5.11 Å². The number of nitrogens with one attached hydrogen (secondary N) is 2. The molecule has 2 atom stereocenters. The van der Waals surface area contributed by atoms with Crippen LogP contribution >= 0.6 is 0 Å². The summed E-state index contributed by atoms with van der Waals surface area (Å²) in [5, 5.41) is 12.5. The van der Waals surface area contributed by atoms with Gasteiger partial charge in [0.25, 0.3) is 5.91 Å². The Labute approximate surface area is 110 Å². The minimum Gasteiger partial charge on any atom is -0.481 e. The lowest BCUT2D eigenvalue weighted by atomic mass is 10.0. The summed E-state index contributed by atoms with van der Waals surface area (Å²) in [7, 11) is 0. The van der Waals surface area contributed by atoms with E-state index < -0.39 is 17.9 Å². The van der Waals surface area contributed by atoms with E-state index in [2.05, 4.69) is 10.3 Å². The monoisotopic (exact) mass is 260 g/mol. The third-order valence-electron chi connectivity index (χ3n) is 3.31. The van der Waals surface area contributed by atoms with E-state index in [0.29, 0.717) is 5.56 Å². The van der Waals surface area contributed by atoms with E-state index >= 15 is 0 Å². The molecular formula is C14H16N2O3. The number of fused-ring (bicyclic) bond motifs is 1. The topological polar surface area (TPSA) is 82.2 Å². The van der Waals surface area contributed by atoms with Gasteiger partial charge in [0.05, 0.1) is 5.92 Å². The smallest absolute Gasteiger partial charge is 0.308 e. The summed E-state index contributed by atoms with van der Waals surface area (Å²) in [6.07, 6.45) is 1.81. The highest BCUT2D eigenvalue weighted by Crippen LogP contribution is 2.14. The predicted octanol–water partition coefficient (Wildman–Crippen LogP) is 2.01. The molecule has 0 radical (unpaired) electrons. The van der Waals surface area contributed by atoms with Crippen molar-refractivity contribution in [1.82, 2.24) is 10.3 Å². The highest BCUT2D eigenvalue weighted by atomic mass is 16.4. The van der Waals surface area contributed by atoms with Gasteiger partial charge in [-0.15, -0.1) is 0 Å². The van der Waals surface area contributed by atoms with Gasteiger partial charge in [-0.05, 0) is 38.1 Å². The molecule has 1 aromatic carbocycles. The van der Waals surface area contributed by atoms with Crippen molar-refractivity contribution in [2.24, 2.45) is 5.92 Å². The first-order valence-corrected chi connectivity index (χ1v) is 6.10. The lowest BCUT2D eigenvalue weighted by Gasteiger charge is -2.17. The number of aliphatic carboxylic acids is 1. The van der Waals surface area contributed by atoms with E-state index in [1.807, 2.05) is 18.3 Å². The molecule has 0 aliphatic carbocycles. The molecule has 2 aromatic rings. The molecule has 5 nitrogen and oxygen atoms in total. The Hall–Kier alpha value is -2.30. The van der Waals surface area contributed by atoms with E-state index in [0.717, 1.165) is 10.9 Å². The van der Waals surface area contributed by atoms with Crippen LogP contribution in [0.4, 0.5) is 0 Å². The molecule has 2 rings (SSSR count). The van der Waals surface area contributed by atoms with Gasteiger partial charge in [-0.2, -0.15) is 0 Å². The van der Waals surface area contributed by atoms with E-state index in [9.17, 15) is 9.59 Å². The van der Waals surface area contributed by atoms with Crippen molar-refractivity contribution < 1.29 is 14.7 Å². The molecule has 0 aliphatic heterocycles. The van der Waals surface area contributed by atoms with Gasteiger partial charge in [0, 0.05) is 28.7 Å². The number of benzene rings is 1. The number of rotatable bonds is 4. The molecule has 0 saturated heterocycles. The van der Waals surface area contributed by atoms with Crippen molar-refractivity contribution in [3.05, 3.63) is 36.0 Å². The van der Waals surface area contributed by atoms with Crippen LogP contribution < -0.4 is 5.32 Å². The molecular weight excluding hydrogens is 244 g/mol. The second kappa shape index (κ2) is 5.14. The molecule has 100 valence electrons. The van der Waals surface area contributed by atoms with Crippen LogP contribution in [0.15, 0.2) is 30.5 Å². The Morgan fingerprint density at radius 1 is 1.26 bits per heavy atom. The number of aromatic nitrogens is 1. The third-order valence-corrected chi connectivity index (χ3v) is 3.31. The van der Waals surface area contributed by atoms with Crippen LogP contribution in [0, 0.1) is 5.92 Å². The first-order chi connectivity index (χ1) is 8.99. The van der Waals surface area contributed by atoms with Crippen LogP contribution in [0.25, 0.3) is 10.9 Å². The average Bonchev–Trinajstić information content (AvgIpc) is 2.84. The number of H-pyrrole nitrogens is 1. The van der Waals surface area contributed by atoms with Gasteiger partial charge in [0.15, 0.2) is 0 Å². The fraction of sp³-hybridized carbons (Fsp3) is 0.286. The summed E-state index contributed by atoms with van der Waals surface area (Å²) < 4.78 is 0. The van der Waals surface area contributed by atoms with Gasteiger partial charge in [-0.25, -0.2) is 0 Å². The summed E-state index contributed by atoms with van der Waals surface area (Å²) in [4.78, 5) is 25.9. The van der Waals surface area contributed by atoms with Crippen molar-refractivity contribution in [3.63, 3.8) is 0 Å². The number of carbonyl (C=O) groups excluding carboxylic acids is 1. The summed E-state index contributed by atoms with van der Waals surface area (Å²) in [5.41, 5.74) is 1.49. The standard InChI is InChI=1S/C14H16N2O3/c1-8(14(18)19)9(2)16-13(17)11-3-4-12-10(7-11)5-6-15-12/h3-9,15H,1-2H3,(H,16,17)(H,18,19)/t8-,9-/m0/s1. The first kappa shape index (κ1) is 13.1. The number of carboxylic acid groups (broad SMARTS) is 1. The maximum Gasteiger partial charge on any atom is 0.308 e. The van der Waals surface area contributed by atoms with Crippen molar-refractivity contribution in [2.45, 2.75) is 19.9 Å². The molecule has 0 bridgehead atoms. The van der Waals surface area contributed by atoms with Gasteiger partial charge in [-0.1, -0.05) is 0 Å². The Morgan fingerprint density at radius 3 is 2.68 bits per heavy atom. The van der Waals surface area contributed by atoms with Gasteiger partial charge >= 0.3 is 5.97 Å². The van der Waals surface area contributed by atoms with E-state index in [1.165, 1.54) is 0 Å². The third kappa shape index (κ3) is 2.76. The molecule has 0 fully saturated rings. The molecule has 3 N–H and O–H groups in total. The minimum absolute atomic E-state index is 0.260. The first-order valence-electron chi connectivity index (χ1n) is 6.10. The fourth-order valence-electron chi connectivity index (χ4n) is 1.82. The van der Waals surface area contributed by atoms with Crippen LogP contribution in [-0.4, -0.2) is 28.0 Å². The summed E-state index contributed by atoms with van der Waals surface area (Å²) in [6.45, 7) is 3.26. The molecule has 19 heavy (non-hydrogen) atoms. The van der Waals surface area contributed by atoms with Gasteiger partial charge in [0.1, 0.15) is 0 Å². The Bertz CT molecular complexity index is 618. The van der Waals surface area contributed by atoms with E-state index in [1.54, 1.807) is 26.0 Å². The zero-order valence-corrected chi connectivity index (χ0v) is 10.8. The van der Waals surface area contributed by atoms with Crippen molar-refractivity contribution >= 4 is 22.8 Å². The molecule has 1 amide bonds. The molecule has 0 saturated carbocycles.